The molecule has 0 heteroatoms. The molecule has 3 aliphatic carbocycles. The van der Waals surface area contributed by atoms with E-state index in [9.17, 15) is 0 Å². The van der Waals surface area contributed by atoms with E-state index in [-0.39, 0.29) is 5.41 Å². The molecular weight excluding hydrogens is 288 g/mol. The van der Waals surface area contributed by atoms with Crippen molar-refractivity contribution in [1.82, 2.24) is 0 Å². The Bertz CT molecular complexity index is 1010. The lowest BCUT2D eigenvalue weighted by Crippen LogP contribution is -2.23. The van der Waals surface area contributed by atoms with Gasteiger partial charge in [-0.25, -0.2) is 0 Å². The lowest BCUT2D eigenvalue weighted by molar-refractivity contribution is 0.288. The third-order valence-electron chi connectivity index (χ3n) is 6.97. The molecule has 0 amide bonds. The van der Waals surface area contributed by atoms with Crippen molar-refractivity contribution in [2.24, 2.45) is 5.41 Å². The average Bonchev–Trinajstić information content (AvgIpc) is 3.11. The minimum absolute atomic E-state index is 0.253. The predicted molar refractivity (Wildman–Crippen MR) is 97.7 cm³/mol. The van der Waals surface area contributed by atoms with Gasteiger partial charge in [-0.3, -0.25) is 0 Å². The van der Waals surface area contributed by atoms with Crippen LogP contribution in [0.5, 0.6) is 0 Å². The molecule has 0 bridgehead atoms. The number of hydrogen-bond donors (Lipinski definition) is 0. The summed E-state index contributed by atoms with van der Waals surface area (Å²) in [6, 6.07) is 25.5. The molecule has 0 saturated heterocycles. The van der Waals surface area contributed by atoms with Crippen LogP contribution in [0.1, 0.15) is 63.6 Å². The number of aryl methyl sites for hydroxylation is 1. The summed E-state index contributed by atoms with van der Waals surface area (Å²) in [6.45, 7) is 4.77. The van der Waals surface area contributed by atoms with Gasteiger partial charge >= 0.3 is 0 Å². The molecule has 0 heterocycles. The molecule has 0 saturated carbocycles. The molecule has 3 aromatic carbocycles. The summed E-state index contributed by atoms with van der Waals surface area (Å²) in [5.74, 6) is 1.60. The van der Waals surface area contributed by atoms with Crippen molar-refractivity contribution in [3.05, 3.63) is 106 Å². The quantitative estimate of drug-likeness (QED) is 0.497. The van der Waals surface area contributed by atoms with Crippen LogP contribution in [0.3, 0.4) is 0 Å². The van der Waals surface area contributed by atoms with Crippen LogP contribution in [-0.2, 0) is 0 Å². The highest BCUT2D eigenvalue weighted by molar-refractivity contribution is 5.68. The normalized spacial score (nSPS) is 30.7. The smallest absolute Gasteiger partial charge is 0.0167 e. The summed E-state index contributed by atoms with van der Waals surface area (Å²) in [5.41, 5.74) is 11.0. The van der Waals surface area contributed by atoms with Crippen molar-refractivity contribution in [2.75, 3.05) is 0 Å². The molecule has 116 valence electrons. The van der Waals surface area contributed by atoms with Gasteiger partial charge in [0, 0.05) is 23.2 Å². The zero-order valence-corrected chi connectivity index (χ0v) is 14.1. The number of fused-ring (bicyclic) bond motifs is 9. The fourth-order valence-corrected chi connectivity index (χ4v) is 6.29. The molecule has 0 aliphatic heterocycles. The van der Waals surface area contributed by atoms with Crippen LogP contribution in [0.4, 0.5) is 0 Å². The SMILES string of the molecule is Cc1ccc2c(c1)C1c3ccccc3C3c4ccccc4C2C31C. The van der Waals surface area contributed by atoms with Gasteiger partial charge in [-0.1, -0.05) is 79.2 Å². The first-order chi connectivity index (χ1) is 11.7. The molecule has 24 heavy (non-hydrogen) atoms. The van der Waals surface area contributed by atoms with Gasteiger partial charge in [-0.15, -0.1) is 0 Å². The molecule has 0 fully saturated rings. The summed E-state index contributed by atoms with van der Waals surface area (Å²) in [6.07, 6.45) is 0. The second-order valence-electron chi connectivity index (χ2n) is 8.06. The van der Waals surface area contributed by atoms with Gasteiger partial charge in [-0.05, 0) is 40.3 Å². The summed E-state index contributed by atoms with van der Waals surface area (Å²) in [5, 5.41) is 0. The van der Waals surface area contributed by atoms with E-state index < -0.39 is 0 Å². The van der Waals surface area contributed by atoms with Crippen LogP contribution in [0.15, 0.2) is 66.7 Å². The minimum Gasteiger partial charge on any atom is -0.0620 e. The van der Waals surface area contributed by atoms with Crippen molar-refractivity contribution in [3.63, 3.8) is 0 Å². The second kappa shape index (κ2) is 4.00. The Morgan fingerprint density at radius 1 is 0.583 bits per heavy atom. The topological polar surface area (TPSA) is 0 Å². The fraction of sp³-hybridized carbons (Fsp3) is 0.250. The van der Waals surface area contributed by atoms with Crippen LogP contribution in [-0.4, -0.2) is 0 Å². The van der Waals surface area contributed by atoms with E-state index in [0.717, 1.165) is 0 Å². The van der Waals surface area contributed by atoms with E-state index in [1.807, 2.05) is 0 Å². The van der Waals surface area contributed by atoms with E-state index in [4.69, 9.17) is 0 Å². The van der Waals surface area contributed by atoms with Gasteiger partial charge in [-0.2, -0.15) is 0 Å². The molecule has 0 N–H and O–H groups in total. The maximum absolute atomic E-state index is 2.54. The van der Waals surface area contributed by atoms with Crippen LogP contribution in [0, 0.1) is 12.3 Å². The van der Waals surface area contributed by atoms with Crippen molar-refractivity contribution in [2.45, 2.75) is 31.6 Å². The average molecular weight is 308 g/mol. The Kier molecular flexibility index (Phi) is 2.17. The molecule has 4 unspecified atom stereocenters. The van der Waals surface area contributed by atoms with Crippen LogP contribution < -0.4 is 0 Å². The Morgan fingerprint density at radius 3 is 1.50 bits per heavy atom. The molecular formula is C24H20. The third kappa shape index (κ3) is 1.23. The van der Waals surface area contributed by atoms with E-state index in [1.165, 1.54) is 5.56 Å². The monoisotopic (exact) mass is 308 g/mol. The standard InChI is InChI=1S/C24H20/c1-14-11-12-19-20(13-14)23-18-10-6-5-9-17(18)21-15-7-3-4-8-16(15)22(19)24(21,23)2/h3-13,21-23H,1-2H3. The first-order valence-electron chi connectivity index (χ1n) is 8.99. The molecule has 4 atom stereocenters. The highest BCUT2D eigenvalue weighted by Gasteiger charge is 2.64. The molecule has 0 radical (unpaired) electrons. The summed E-state index contributed by atoms with van der Waals surface area (Å²) < 4.78 is 0. The van der Waals surface area contributed by atoms with Crippen molar-refractivity contribution in [3.8, 4) is 0 Å². The molecule has 0 aromatic heterocycles. The second-order valence-corrected chi connectivity index (χ2v) is 8.06. The summed E-state index contributed by atoms with van der Waals surface area (Å²) >= 11 is 0. The maximum atomic E-state index is 2.54. The van der Waals surface area contributed by atoms with E-state index in [1.54, 1.807) is 33.4 Å². The van der Waals surface area contributed by atoms with Crippen molar-refractivity contribution in [1.29, 1.82) is 0 Å². The van der Waals surface area contributed by atoms with Gasteiger partial charge < -0.3 is 0 Å². The van der Waals surface area contributed by atoms with Crippen LogP contribution in [0.25, 0.3) is 0 Å². The number of rotatable bonds is 0. The van der Waals surface area contributed by atoms with E-state index in [2.05, 4.69) is 80.6 Å². The van der Waals surface area contributed by atoms with Crippen LogP contribution in [0.2, 0.25) is 0 Å². The zero-order valence-electron chi connectivity index (χ0n) is 14.1. The Balaban J connectivity index is 1.79. The van der Waals surface area contributed by atoms with E-state index in [0.29, 0.717) is 17.8 Å². The number of benzene rings is 3. The number of hydrogen-bond acceptors (Lipinski definition) is 0. The zero-order chi connectivity index (χ0) is 16.1. The molecule has 0 spiro atoms. The minimum atomic E-state index is 0.253. The summed E-state index contributed by atoms with van der Waals surface area (Å²) in [7, 11) is 0. The molecule has 3 aromatic rings. The van der Waals surface area contributed by atoms with E-state index >= 15 is 0 Å². The lowest BCUT2D eigenvalue weighted by atomic mass is 9.70. The fourth-order valence-electron chi connectivity index (χ4n) is 6.29. The summed E-state index contributed by atoms with van der Waals surface area (Å²) in [4.78, 5) is 0. The molecule has 6 rings (SSSR count). The Morgan fingerprint density at radius 2 is 1.00 bits per heavy atom. The van der Waals surface area contributed by atoms with Gasteiger partial charge in [0.05, 0.1) is 0 Å². The van der Waals surface area contributed by atoms with Crippen molar-refractivity contribution >= 4 is 0 Å². The van der Waals surface area contributed by atoms with Crippen LogP contribution >= 0.6 is 0 Å². The van der Waals surface area contributed by atoms with Gasteiger partial charge in [0.2, 0.25) is 0 Å². The first-order valence-corrected chi connectivity index (χ1v) is 8.99. The van der Waals surface area contributed by atoms with Gasteiger partial charge in [0.15, 0.2) is 0 Å². The molecule has 3 aliphatic rings. The Labute approximate surface area is 143 Å². The van der Waals surface area contributed by atoms with Gasteiger partial charge in [0.1, 0.15) is 0 Å². The lowest BCUT2D eigenvalue weighted by Gasteiger charge is -2.31. The molecule has 0 nitrogen and oxygen atoms in total. The highest BCUT2D eigenvalue weighted by Crippen LogP contribution is 2.75. The largest absolute Gasteiger partial charge is 0.0620 e. The predicted octanol–water partition coefficient (Wildman–Crippen LogP) is 5.74. The van der Waals surface area contributed by atoms with Gasteiger partial charge in [0.25, 0.3) is 0 Å². The maximum Gasteiger partial charge on any atom is 0.0167 e. The third-order valence-corrected chi connectivity index (χ3v) is 6.97. The Hall–Kier alpha value is -2.34. The van der Waals surface area contributed by atoms with Crippen molar-refractivity contribution < 1.29 is 0 Å². The highest BCUT2D eigenvalue weighted by atomic mass is 14.7. The first kappa shape index (κ1) is 13.0.